The van der Waals surface area contributed by atoms with Crippen molar-refractivity contribution >= 4 is 0 Å². The van der Waals surface area contributed by atoms with Crippen LogP contribution in [-0.4, -0.2) is 17.5 Å². The van der Waals surface area contributed by atoms with Gasteiger partial charge in [0.15, 0.2) is 6.29 Å². The average Bonchev–Trinajstić information content (AvgIpc) is 1.85. The molecule has 0 aromatic rings. The Morgan fingerprint density at radius 1 is 1.50 bits per heavy atom. The van der Waals surface area contributed by atoms with Gasteiger partial charge in [-0.1, -0.05) is 13.3 Å². The second kappa shape index (κ2) is 3.35. The second-order valence-corrected chi connectivity index (χ2v) is 3.15. The molecular formula is C8H16O2. The summed E-state index contributed by atoms with van der Waals surface area (Å²) in [6, 6.07) is 0. The molecule has 0 spiro atoms. The molecule has 10 heavy (non-hydrogen) atoms. The summed E-state index contributed by atoms with van der Waals surface area (Å²) in [6.45, 7) is 4.18. The lowest BCUT2D eigenvalue weighted by atomic mass is 9.93. The van der Waals surface area contributed by atoms with Crippen LogP contribution in [-0.2, 0) is 4.74 Å². The Labute approximate surface area is 62.2 Å². The minimum absolute atomic E-state index is 0.244. The molecule has 0 amide bonds. The van der Waals surface area contributed by atoms with Crippen molar-refractivity contribution in [2.24, 2.45) is 5.92 Å². The molecule has 1 fully saturated rings. The Bertz CT molecular complexity index is 93.4. The fourth-order valence-corrected chi connectivity index (χ4v) is 1.56. The van der Waals surface area contributed by atoms with E-state index in [1.54, 1.807) is 0 Å². The van der Waals surface area contributed by atoms with Gasteiger partial charge in [0, 0.05) is 6.42 Å². The summed E-state index contributed by atoms with van der Waals surface area (Å²) in [7, 11) is 0. The fraction of sp³-hybridized carbons (Fsp3) is 1.00. The Hall–Kier alpha value is -0.0800. The molecule has 1 saturated heterocycles. The van der Waals surface area contributed by atoms with Gasteiger partial charge in [-0.25, -0.2) is 0 Å². The number of hydrogen-bond acceptors (Lipinski definition) is 2. The molecule has 60 valence electrons. The van der Waals surface area contributed by atoms with E-state index in [1.165, 1.54) is 0 Å². The molecule has 0 aromatic carbocycles. The number of rotatable bonds is 1. The molecule has 1 N–H and O–H groups in total. The summed E-state index contributed by atoms with van der Waals surface area (Å²) in [5.41, 5.74) is 0. The van der Waals surface area contributed by atoms with Gasteiger partial charge in [0.25, 0.3) is 0 Å². The standard InChI is InChI=1S/C8H16O2/c1-3-7-4-6(2)10-8(9)5-7/h6-9H,3-5H2,1-2H3. The van der Waals surface area contributed by atoms with Crippen molar-refractivity contribution in [3.8, 4) is 0 Å². The number of hydrogen-bond donors (Lipinski definition) is 1. The minimum atomic E-state index is -0.506. The normalized spacial score (nSPS) is 41.7. The van der Waals surface area contributed by atoms with E-state index in [0.717, 1.165) is 19.3 Å². The molecule has 0 radical (unpaired) electrons. The van der Waals surface area contributed by atoms with Crippen LogP contribution in [0.25, 0.3) is 0 Å². The van der Waals surface area contributed by atoms with E-state index in [2.05, 4.69) is 6.92 Å². The van der Waals surface area contributed by atoms with Crippen molar-refractivity contribution in [2.45, 2.75) is 45.5 Å². The van der Waals surface area contributed by atoms with Crippen LogP contribution in [0.2, 0.25) is 0 Å². The second-order valence-electron chi connectivity index (χ2n) is 3.15. The highest BCUT2D eigenvalue weighted by Crippen LogP contribution is 2.25. The highest BCUT2D eigenvalue weighted by atomic mass is 16.6. The van der Waals surface area contributed by atoms with Gasteiger partial charge in [0.2, 0.25) is 0 Å². The topological polar surface area (TPSA) is 29.5 Å². The van der Waals surface area contributed by atoms with Crippen molar-refractivity contribution in [1.29, 1.82) is 0 Å². The van der Waals surface area contributed by atoms with Gasteiger partial charge in [-0.2, -0.15) is 0 Å². The monoisotopic (exact) mass is 144 g/mol. The molecule has 3 atom stereocenters. The molecule has 2 nitrogen and oxygen atoms in total. The van der Waals surface area contributed by atoms with Crippen LogP contribution in [0, 0.1) is 5.92 Å². The Balaban J connectivity index is 2.35. The molecule has 3 unspecified atom stereocenters. The first kappa shape index (κ1) is 8.02. The van der Waals surface area contributed by atoms with E-state index in [1.807, 2.05) is 6.92 Å². The molecular weight excluding hydrogens is 128 g/mol. The Morgan fingerprint density at radius 3 is 2.70 bits per heavy atom. The van der Waals surface area contributed by atoms with E-state index < -0.39 is 6.29 Å². The summed E-state index contributed by atoms with van der Waals surface area (Å²) in [5, 5.41) is 9.16. The van der Waals surface area contributed by atoms with E-state index in [4.69, 9.17) is 9.84 Å². The molecule has 0 aliphatic carbocycles. The van der Waals surface area contributed by atoms with Crippen molar-refractivity contribution in [2.75, 3.05) is 0 Å². The predicted molar refractivity (Wildman–Crippen MR) is 39.6 cm³/mol. The molecule has 2 heteroatoms. The SMILES string of the molecule is CCC1CC(C)OC(O)C1. The molecule has 1 heterocycles. The van der Waals surface area contributed by atoms with Gasteiger partial charge in [-0.3, -0.25) is 0 Å². The minimum Gasteiger partial charge on any atom is -0.368 e. The molecule has 1 rings (SSSR count). The van der Waals surface area contributed by atoms with Crippen molar-refractivity contribution in [1.82, 2.24) is 0 Å². The maximum absolute atomic E-state index is 9.16. The van der Waals surface area contributed by atoms with Crippen LogP contribution in [0.3, 0.4) is 0 Å². The van der Waals surface area contributed by atoms with Crippen molar-refractivity contribution in [3.05, 3.63) is 0 Å². The summed E-state index contributed by atoms with van der Waals surface area (Å²) in [5.74, 6) is 0.666. The van der Waals surface area contributed by atoms with Crippen LogP contribution < -0.4 is 0 Å². The number of aliphatic hydroxyl groups excluding tert-OH is 1. The van der Waals surface area contributed by atoms with Crippen LogP contribution in [0.5, 0.6) is 0 Å². The number of ether oxygens (including phenoxy) is 1. The van der Waals surface area contributed by atoms with Gasteiger partial charge in [-0.15, -0.1) is 0 Å². The zero-order valence-corrected chi connectivity index (χ0v) is 6.71. The third-order valence-electron chi connectivity index (χ3n) is 2.17. The van der Waals surface area contributed by atoms with Crippen molar-refractivity contribution in [3.63, 3.8) is 0 Å². The molecule has 1 aliphatic heterocycles. The van der Waals surface area contributed by atoms with Gasteiger partial charge in [-0.05, 0) is 19.3 Å². The van der Waals surface area contributed by atoms with Crippen LogP contribution in [0.15, 0.2) is 0 Å². The number of aliphatic hydroxyl groups is 1. The van der Waals surface area contributed by atoms with E-state index >= 15 is 0 Å². The summed E-state index contributed by atoms with van der Waals surface area (Å²) in [6.07, 6.45) is 2.82. The first-order valence-corrected chi connectivity index (χ1v) is 4.06. The largest absolute Gasteiger partial charge is 0.368 e. The van der Waals surface area contributed by atoms with Gasteiger partial charge in [0.1, 0.15) is 0 Å². The van der Waals surface area contributed by atoms with Gasteiger partial charge < -0.3 is 9.84 Å². The summed E-state index contributed by atoms with van der Waals surface area (Å²) < 4.78 is 5.17. The quantitative estimate of drug-likeness (QED) is 0.604. The van der Waals surface area contributed by atoms with E-state index in [-0.39, 0.29) is 6.10 Å². The van der Waals surface area contributed by atoms with Gasteiger partial charge >= 0.3 is 0 Å². The third-order valence-corrected chi connectivity index (χ3v) is 2.17. The van der Waals surface area contributed by atoms with Crippen LogP contribution >= 0.6 is 0 Å². The lowest BCUT2D eigenvalue weighted by molar-refractivity contribution is -0.171. The van der Waals surface area contributed by atoms with E-state index in [9.17, 15) is 0 Å². The zero-order valence-electron chi connectivity index (χ0n) is 6.71. The van der Waals surface area contributed by atoms with Crippen molar-refractivity contribution < 1.29 is 9.84 Å². The Kier molecular flexibility index (Phi) is 2.69. The fourth-order valence-electron chi connectivity index (χ4n) is 1.56. The van der Waals surface area contributed by atoms with Crippen LogP contribution in [0.1, 0.15) is 33.1 Å². The maximum atomic E-state index is 9.16. The van der Waals surface area contributed by atoms with Crippen LogP contribution in [0.4, 0.5) is 0 Å². The van der Waals surface area contributed by atoms with Gasteiger partial charge in [0.05, 0.1) is 6.10 Å². The Morgan fingerprint density at radius 2 is 2.20 bits per heavy atom. The zero-order chi connectivity index (χ0) is 7.56. The summed E-state index contributed by atoms with van der Waals surface area (Å²) in [4.78, 5) is 0. The predicted octanol–water partition coefficient (Wildman–Crippen LogP) is 1.53. The molecule has 0 bridgehead atoms. The summed E-state index contributed by atoms with van der Waals surface area (Å²) >= 11 is 0. The smallest absolute Gasteiger partial charge is 0.155 e. The lowest BCUT2D eigenvalue weighted by Gasteiger charge is -2.30. The molecule has 0 saturated carbocycles. The first-order valence-electron chi connectivity index (χ1n) is 4.06. The lowest BCUT2D eigenvalue weighted by Crippen LogP contribution is -2.30. The highest BCUT2D eigenvalue weighted by Gasteiger charge is 2.23. The average molecular weight is 144 g/mol. The van der Waals surface area contributed by atoms with E-state index in [0.29, 0.717) is 5.92 Å². The maximum Gasteiger partial charge on any atom is 0.155 e. The third kappa shape index (κ3) is 1.96. The highest BCUT2D eigenvalue weighted by molar-refractivity contribution is 4.69. The first-order chi connectivity index (χ1) is 4.72. The molecule has 1 aliphatic rings. The molecule has 0 aromatic heterocycles.